The Morgan fingerprint density at radius 2 is 0.614 bits per heavy atom. The molecule has 0 aliphatic heterocycles. The van der Waals surface area contributed by atoms with Gasteiger partial charge in [-0.3, -0.25) is 0 Å². The predicted octanol–water partition coefficient (Wildman–Crippen LogP) is 16.5. The molecule has 0 amide bonds. The fourth-order valence-electron chi connectivity index (χ4n) is 9.67. The zero-order valence-electron chi connectivity index (χ0n) is 37.3. The number of fused-ring (bicyclic) bond motifs is 8. The van der Waals surface area contributed by atoms with Gasteiger partial charge in [-0.15, -0.1) is 43.1 Å². The summed E-state index contributed by atoms with van der Waals surface area (Å²) in [6, 6.07) is 81.5. The molecular formula is C60H38N8S2. The first-order valence-corrected chi connectivity index (χ1v) is 24.8. The van der Waals surface area contributed by atoms with E-state index in [1.54, 1.807) is 9.59 Å². The third kappa shape index (κ3) is 6.96. The Hall–Kier alpha value is -8.96. The van der Waals surface area contributed by atoms with Crippen molar-refractivity contribution in [2.75, 3.05) is 9.80 Å². The predicted molar refractivity (Wildman–Crippen MR) is 292 cm³/mol. The molecule has 0 radical (unpaired) electrons. The Bertz CT molecular complexity index is 3940. The number of anilines is 6. The van der Waals surface area contributed by atoms with Crippen LogP contribution in [-0.4, -0.2) is 30.0 Å². The second-order valence-electron chi connectivity index (χ2n) is 17.3. The van der Waals surface area contributed by atoms with Crippen molar-refractivity contribution in [3.63, 3.8) is 0 Å². The highest BCUT2D eigenvalue weighted by atomic mass is 32.1. The highest BCUT2D eigenvalue weighted by Gasteiger charge is 2.19. The molecule has 10 aromatic carbocycles. The molecule has 0 saturated carbocycles. The van der Waals surface area contributed by atoms with Crippen molar-refractivity contribution >= 4 is 119 Å². The summed E-state index contributed by atoms with van der Waals surface area (Å²) in [4.78, 5) is 8.11. The van der Waals surface area contributed by atoms with Crippen LogP contribution in [0.25, 0.3) is 84.9 Å². The highest BCUT2D eigenvalue weighted by molar-refractivity contribution is 7.26. The fraction of sp³-hybridized carbons (Fsp3) is 0. The molecular weight excluding hydrogens is 897 g/mol. The molecule has 0 aliphatic carbocycles. The lowest BCUT2D eigenvalue weighted by atomic mass is 10.0. The zero-order valence-corrected chi connectivity index (χ0v) is 39.0. The average Bonchev–Trinajstić information content (AvgIpc) is 4.22. The summed E-state index contributed by atoms with van der Waals surface area (Å²) in [6.45, 7) is 0. The van der Waals surface area contributed by atoms with Crippen molar-refractivity contribution < 1.29 is 0 Å². The van der Waals surface area contributed by atoms with Crippen molar-refractivity contribution in [2.24, 2.45) is 0 Å². The van der Waals surface area contributed by atoms with Crippen LogP contribution >= 0.6 is 22.7 Å². The molecule has 0 N–H and O–H groups in total. The van der Waals surface area contributed by atoms with E-state index in [0.717, 1.165) is 78.7 Å². The first kappa shape index (κ1) is 40.1. The number of hydrogen-bond donors (Lipinski definition) is 0. The first-order valence-electron chi connectivity index (χ1n) is 23.1. The van der Waals surface area contributed by atoms with Gasteiger partial charge in [0.05, 0.1) is 11.4 Å². The quantitative estimate of drug-likeness (QED) is 0.144. The second-order valence-corrected chi connectivity index (χ2v) is 19.5. The van der Waals surface area contributed by atoms with Crippen LogP contribution in [0.3, 0.4) is 0 Å². The molecule has 14 rings (SSSR count). The Morgan fingerprint density at radius 1 is 0.271 bits per heavy atom. The molecule has 330 valence electrons. The molecule has 4 aromatic heterocycles. The van der Waals surface area contributed by atoms with Crippen LogP contribution in [0, 0.1) is 0 Å². The zero-order chi connectivity index (χ0) is 46.1. The summed E-state index contributed by atoms with van der Waals surface area (Å²) in [5.74, 6) is 0. The van der Waals surface area contributed by atoms with E-state index < -0.39 is 0 Å². The maximum atomic E-state index is 4.82. The van der Waals surface area contributed by atoms with E-state index in [0.29, 0.717) is 0 Å². The van der Waals surface area contributed by atoms with Gasteiger partial charge in [0.1, 0.15) is 22.1 Å². The smallest absolute Gasteiger partial charge is 0.113 e. The van der Waals surface area contributed by atoms with E-state index in [-0.39, 0.29) is 0 Å². The van der Waals surface area contributed by atoms with Gasteiger partial charge in [-0.1, -0.05) is 97.1 Å². The molecule has 8 nitrogen and oxygen atoms in total. The van der Waals surface area contributed by atoms with Crippen LogP contribution in [0.4, 0.5) is 34.1 Å². The van der Waals surface area contributed by atoms with Gasteiger partial charge >= 0.3 is 0 Å². The summed E-state index contributed by atoms with van der Waals surface area (Å²) in [5, 5.41) is 24.3. The molecule has 10 heteroatoms. The third-order valence-electron chi connectivity index (χ3n) is 13.0. The van der Waals surface area contributed by atoms with Crippen LogP contribution in [0.5, 0.6) is 0 Å². The van der Waals surface area contributed by atoms with E-state index >= 15 is 0 Å². The molecule has 0 atom stereocenters. The standard InChI is InChI=1S/C60H38N8S2/c1-7-21-57-49(15-1)51-37-45(31-33-59(51)69-57)65(43-11-9-13-47(35-43)67-61-53-17-3-4-18-54(53)62-67)41-27-23-39(24-28-41)40-25-29-42(30-26-40)66(46-32-34-60-52(38-46)50-16-2-8-22-58(50)70-60)44-12-10-14-48(36-44)68-63-55-19-5-6-20-56(55)64-68/h1-38H. The molecule has 0 saturated heterocycles. The van der Waals surface area contributed by atoms with Crippen LogP contribution in [0.1, 0.15) is 0 Å². The van der Waals surface area contributed by atoms with Gasteiger partial charge in [-0.05, 0) is 145 Å². The second kappa shape index (κ2) is 16.4. The monoisotopic (exact) mass is 934 g/mol. The first-order chi connectivity index (χ1) is 34.6. The molecule has 0 spiro atoms. The summed E-state index contributed by atoms with van der Waals surface area (Å²) in [7, 11) is 0. The Kier molecular flexibility index (Phi) is 9.39. The third-order valence-corrected chi connectivity index (χ3v) is 15.3. The molecule has 0 fully saturated rings. The van der Waals surface area contributed by atoms with Crippen molar-refractivity contribution in [1.82, 2.24) is 30.0 Å². The minimum Gasteiger partial charge on any atom is -0.310 e. The number of nitrogens with zero attached hydrogens (tertiary/aromatic N) is 8. The topological polar surface area (TPSA) is 67.9 Å². The van der Waals surface area contributed by atoms with Crippen LogP contribution in [0.15, 0.2) is 231 Å². The Balaban J connectivity index is 0.842. The maximum Gasteiger partial charge on any atom is 0.113 e. The lowest BCUT2D eigenvalue weighted by molar-refractivity contribution is 0.765. The molecule has 0 bridgehead atoms. The lowest BCUT2D eigenvalue weighted by Crippen LogP contribution is -2.11. The number of rotatable bonds is 9. The van der Waals surface area contributed by atoms with Crippen molar-refractivity contribution in [3.05, 3.63) is 231 Å². The van der Waals surface area contributed by atoms with Gasteiger partial charge in [0, 0.05) is 74.5 Å². The summed E-state index contributed by atoms with van der Waals surface area (Å²) in [5.41, 5.74) is 13.7. The van der Waals surface area contributed by atoms with Gasteiger partial charge in [-0.2, -0.15) is 9.59 Å². The SMILES string of the molecule is c1cc(N(c2ccc(-c3ccc(N(c4cccc(-n5nc6ccccc6n5)c4)c4ccc5sc6ccccc6c5c4)cc3)cc2)c2ccc3sc4ccccc4c3c2)cc(-n2nc3ccccc3n2)c1. The van der Waals surface area contributed by atoms with E-state index in [4.69, 9.17) is 20.4 Å². The van der Waals surface area contributed by atoms with Crippen molar-refractivity contribution in [1.29, 1.82) is 0 Å². The highest BCUT2D eigenvalue weighted by Crippen LogP contribution is 2.44. The molecule has 4 heterocycles. The molecule has 0 unspecified atom stereocenters. The summed E-state index contributed by atoms with van der Waals surface area (Å²) in [6.07, 6.45) is 0. The molecule has 0 aliphatic rings. The summed E-state index contributed by atoms with van der Waals surface area (Å²) >= 11 is 3.66. The Morgan fingerprint density at radius 3 is 1.03 bits per heavy atom. The van der Waals surface area contributed by atoms with Crippen molar-refractivity contribution in [3.8, 4) is 22.5 Å². The van der Waals surface area contributed by atoms with Gasteiger partial charge in [0.2, 0.25) is 0 Å². The van der Waals surface area contributed by atoms with E-state index in [9.17, 15) is 0 Å². The Labute approximate surface area is 409 Å². The number of thiophene rings is 2. The largest absolute Gasteiger partial charge is 0.310 e. The van der Waals surface area contributed by atoms with Gasteiger partial charge < -0.3 is 9.80 Å². The fourth-order valence-corrected chi connectivity index (χ4v) is 11.8. The minimum atomic E-state index is 0.857. The number of aromatic nitrogens is 6. The minimum absolute atomic E-state index is 0.857. The lowest BCUT2D eigenvalue weighted by Gasteiger charge is -2.27. The number of benzene rings is 10. The molecule has 70 heavy (non-hydrogen) atoms. The van der Waals surface area contributed by atoms with E-state index in [1.165, 1.54) is 40.3 Å². The average molecular weight is 935 g/mol. The van der Waals surface area contributed by atoms with Crippen LogP contribution in [0.2, 0.25) is 0 Å². The maximum absolute atomic E-state index is 4.82. The van der Waals surface area contributed by atoms with E-state index in [1.807, 2.05) is 71.2 Å². The van der Waals surface area contributed by atoms with Gasteiger partial charge in [-0.25, -0.2) is 0 Å². The number of hydrogen-bond acceptors (Lipinski definition) is 8. The van der Waals surface area contributed by atoms with Crippen molar-refractivity contribution in [2.45, 2.75) is 0 Å². The summed E-state index contributed by atoms with van der Waals surface area (Å²) < 4.78 is 5.09. The normalized spacial score (nSPS) is 11.7. The van der Waals surface area contributed by atoms with Gasteiger partial charge in [0.25, 0.3) is 0 Å². The van der Waals surface area contributed by atoms with E-state index in [2.05, 4.69) is 192 Å². The van der Waals surface area contributed by atoms with Crippen LogP contribution < -0.4 is 9.80 Å². The van der Waals surface area contributed by atoms with Crippen LogP contribution in [-0.2, 0) is 0 Å². The molecule has 14 aromatic rings. The van der Waals surface area contributed by atoms with Gasteiger partial charge in [0.15, 0.2) is 0 Å².